The maximum absolute atomic E-state index is 12.5. The number of benzene rings is 1. The number of carbonyl (C=O) groups is 1. The lowest BCUT2D eigenvalue weighted by Crippen LogP contribution is -2.43. The summed E-state index contributed by atoms with van der Waals surface area (Å²) in [6.07, 6.45) is -2.40. The molecule has 1 aliphatic heterocycles. The molecular weight excluding hydrogens is 319 g/mol. The molecule has 1 heterocycles. The first kappa shape index (κ1) is 18.0. The van der Waals surface area contributed by atoms with E-state index in [9.17, 15) is 18.0 Å². The van der Waals surface area contributed by atoms with Gasteiger partial charge in [0.05, 0.1) is 17.7 Å². The van der Waals surface area contributed by atoms with Crippen molar-refractivity contribution in [2.24, 2.45) is 0 Å². The van der Waals surface area contributed by atoms with Crippen molar-refractivity contribution >= 4 is 5.91 Å². The Balaban J connectivity index is 2.08. The predicted octanol–water partition coefficient (Wildman–Crippen LogP) is 2.71. The zero-order valence-corrected chi connectivity index (χ0v) is 13.1. The maximum Gasteiger partial charge on any atom is 0.406 e. The van der Waals surface area contributed by atoms with E-state index >= 15 is 0 Å². The third kappa shape index (κ3) is 4.59. The molecule has 1 amide bonds. The number of likely N-dealkylation sites (tertiary alicyclic amines) is 1. The van der Waals surface area contributed by atoms with E-state index in [1.54, 1.807) is 30.3 Å². The van der Waals surface area contributed by atoms with Gasteiger partial charge in [0.1, 0.15) is 6.54 Å². The highest BCUT2D eigenvalue weighted by Gasteiger charge is 2.41. The second kappa shape index (κ2) is 7.49. The number of nitriles is 1. The van der Waals surface area contributed by atoms with Crippen molar-refractivity contribution in [3.63, 3.8) is 0 Å². The quantitative estimate of drug-likeness (QED) is 0.750. The number of hydrogen-bond acceptors (Lipinski definition) is 3. The summed E-state index contributed by atoms with van der Waals surface area (Å²) in [5.41, 5.74) is 1.42. The standard InChI is InChI=1S/C17H18F3N3O/c1-2-8-22(11-14-5-3-13(10-21)4-6-14)15-7-9-23(16(15)24)12-17(18,19)20/h2-6,15H,1,7-9,11-12H2/t15-/m1/s1. The summed E-state index contributed by atoms with van der Waals surface area (Å²) in [7, 11) is 0. The zero-order valence-electron chi connectivity index (χ0n) is 13.1. The molecule has 0 unspecified atom stereocenters. The van der Waals surface area contributed by atoms with E-state index in [2.05, 4.69) is 6.58 Å². The van der Waals surface area contributed by atoms with Crippen molar-refractivity contribution in [3.05, 3.63) is 48.0 Å². The van der Waals surface area contributed by atoms with Crippen LogP contribution in [0.5, 0.6) is 0 Å². The summed E-state index contributed by atoms with van der Waals surface area (Å²) in [4.78, 5) is 15.0. The van der Waals surface area contributed by atoms with Crippen LogP contribution in [0.15, 0.2) is 36.9 Å². The van der Waals surface area contributed by atoms with Crippen LogP contribution in [0, 0.1) is 11.3 Å². The molecule has 1 fully saturated rings. The summed E-state index contributed by atoms with van der Waals surface area (Å²) in [6, 6.07) is 8.35. The number of hydrogen-bond donors (Lipinski definition) is 0. The third-order valence-corrected chi connectivity index (χ3v) is 3.91. The lowest BCUT2D eigenvalue weighted by atomic mass is 10.1. The Kier molecular flexibility index (Phi) is 5.62. The first-order valence-electron chi connectivity index (χ1n) is 7.53. The Morgan fingerprint density at radius 3 is 2.58 bits per heavy atom. The van der Waals surface area contributed by atoms with E-state index in [1.807, 2.05) is 11.0 Å². The van der Waals surface area contributed by atoms with Gasteiger partial charge in [-0.15, -0.1) is 6.58 Å². The molecule has 1 aromatic rings. The summed E-state index contributed by atoms with van der Waals surface area (Å²) >= 11 is 0. The molecule has 1 aliphatic rings. The van der Waals surface area contributed by atoms with Crippen molar-refractivity contribution in [1.29, 1.82) is 5.26 Å². The highest BCUT2D eigenvalue weighted by atomic mass is 19.4. The van der Waals surface area contributed by atoms with Crippen LogP contribution < -0.4 is 0 Å². The normalized spacial score (nSPS) is 18.0. The van der Waals surface area contributed by atoms with Crippen molar-refractivity contribution < 1.29 is 18.0 Å². The van der Waals surface area contributed by atoms with E-state index in [0.717, 1.165) is 10.5 Å². The van der Waals surface area contributed by atoms with Crippen LogP contribution in [0.1, 0.15) is 17.5 Å². The molecule has 0 spiro atoms. The molecule has 0 radical (unpaired) electrons. The van der Waals surface area contributed by atoms with Gasteiger partial charge in [-0.25, -0.2) is 0 Å². The van der Waals surface area contributed by atoms with E-state index in [0.29, 0.717) is 25.1 Å². The number of rotatable bonds is 6. The Bertz CT molecular complexity index is 634. The molecule has 1 atom stereocenters. The monoisotopic (exact) mass is 337 g/mol. The summed E-state index contributed by atoms with van der Waals surface area (Å²) in [6.45, 7) is 3.36. The highest BCUT2D eigenvalue weighted by Crippen LogP contribution is 2.24. The molecular formula is C17H18F3N3O. The first-order chi connectivity index (χ1) is 11.3. The minimum atomic E-state index is -4.39. The van der Waals surface area contributed by atoms with E-state index in [-0.39, 0.29) is 6.54 Å². The van der Waals surface area contributed by atoms with Gasteiger partial charge in [-0.3, -0.25) is 9.69 Å². The van der Waals surface area contributed by atoms with Crippen LogP contribution in [0.25, 0.3) is 0 Å². The average Bonchev–Trinajstić information content (AvgIpc) is 2.87. The fraction of sp³-hybridized carbons (Fsp3) is 0.412. The highest BCUT2D eigenvalue weighted by molar-refractivity contribution is 5.84. The van der Waals surface area contributed by atoms with Gasteiger partial charge in [0.15, 0.2) is 0 Å². The lowest BCUT2D eigenvalue weighted by Gasteiger charge is -2.27. The van der Waals surface area contributed by atoms with Crippen molar-refractivity contribution in [1.82, 2.24) is 9.80 Å². The van der Waals surface area contributed by atoms with Crippen LogP contribution in [0.4, 0.5) is 13.2 Å². The molecule has 1 saturated heterocycles. The summed E-state index contributed by atoms with van der Waals surface area (Å²) in [5, 5.41) is 8.81. The smallest absolute Gasteiger partial charge is 0.332 e. The molecule has 7 heteroatoms. The second-order valence-electron chi connectivity index (χ2n) is 5.71. The topological polar surface area (TPSA) is 47.3 Å². The number of halogens is 3. The average molecular weight is 337 g/mol. The Labute approximate surface area is 138 Å². The summed E-state index contributed by atoms with van der Waals surface area (Å²) in [5.74, 6) is -0.497. The van der Waals surface area contributed by atoms with Crippen LogP contribution in [0.3, 0.4) is 0 Å². The van der Waals surface area contributed by atoms with Crippen LogP contribution in [-0.2, 0) is 11.3 Å². The van der Waals surface area contributed by atoms with Crippen molar-refractivity contribution in [2.45, 2.75) is 25.2 Å². The molecule has 0 N–H and O–H groups in total. The van der Waals surface area contributed by atoms with Gasteiger partial charge in [-0.1, -0.05) is 18.2 Å². The van der Waals surface area contributed by atoms with E-state index in [1.165, 1.54) is 0 Å². The molecule has 0 aromatic heterocycles. The molecule has 0 bridgehead atoms. The third-order valence-electron chi connectivity index (χ3n) is 3.91. The van der Waals surface area contributed by atoms with Gasteiger partial charge in [0, 0.05) is 19.6 Å². The fourth-order valence-electron chi connectivity index (χ4n) is 2.82. The number of alkyl halides is 3. The van der Waals surface area contributed by atoms with E-state index < -0.39 is 24.7 Å². The molecule has 2 rings (SSSR count). The minimum absolute atomic E-state index is 0.101. The Morgan fingerprint density at radius 1 is 1.38 bits per heavy atom. The Morgan fingerprint density at radius 2 is 2.04 bits per heavy atom. The lowest BCUT2D eigenvalue weighted by molar-refractivity contribution is -0.159. The zero-order chi connectivity index (χ0) is 17.7. The number of nitrogens with zero attached hydrogens (tertiary/aromatic N) is 3. The number of amides is 1. The minimum Gasteiger partial charge on any atom is -0.332 e. The van der Waals surface area contributed by atoms with Gasteiger partial charge in [-0.05, 0) is 24.1 Å². The summed E-state index contributed by atoms with van der Waals surface area (Å²) < 4.78 is 37.6. The van der Waals surface area contributed by atoms with Gasteiger partial charge >= 0.3 is 6.18 Å². The molecule has 128 valence electrons. The Hall–Kier alpha value is -2.33. The van der Waals surface area contributed by atoms with Crippen molar-refractivity contribution in [3.8, 4) is 6.07 Å². The molecule has 0 aliphatic carbocycles. The predicted molar refractivity (Wildman–Crippen MR) is 82.8 cm³/mol. The molecule has 1 aromatic carbocycles. The van der Waals surface area contributed by atoms with Crippen molar-refractivity contribution in [2.75, 3.05) is 19.6 Å². The van der Waals surface area contributed by atoms with Gasteiger partial charge < -0.3 is 4.90 Å². The van der Waals surface area contributed by atoms with Crippen LogP contribution in [0.2, 0.25) is 0 Å². The van der Waals surface area contributed by atoms with E-state index in [4.69, 9.17) is 5.26 Å². The molecule has 4 nitrogen and oxygen atoms in total. The van der Waals surface area contributed by atoms with Crippen LogP contribution >= 0.6 is 0 Å². The van der Waals surface area contributed by atoms with Crippen LogP contribution in [-0.4, -0.2) is 47.6 Å². The SMILES string of the molecule is C=CCN(Cc1ccc(C#N)cc1)[C@@H]1CCN(CC(F)(F)F)C1=O. The maximum atomic E-state index is 12.5. The largest absolute Gasteiger partial charge is 0.406 e. The van der Waals surface area contributed by atoms with Gasteiger partial charge in [-0.2, -0.15) is 18.4 Å². The second-order valence-corrected chi connectivity index (χ2v) is 5.71. The van der Waals surface area contributed by atoms with Gasteiger partial charge in [0.25, 0.3) is 0 Å². The first-order valence-corrected chi connectivity index (χ1v) is 7.53. The molecule has 24 heavy (non-hydrogen) atoms. The van der Waals surface area contributed by atoms with Gasteiger partial charge in [0.2, 0.25) is 5.91 Å². The fourth-order valence-corrected chi connectivity index (χ4v) is 2.82. The number of carbonyl (C=O) groups excluding carboxylic acids is 1. The molecule has 0 saturated carbocycles.